The Morgan fingerprint density at radius 2 is 2.00 bits per heavy atom. The highest BCUT2D eigenvalue weighted by atomic mass is 16.7. The lowest BCUT2D eigenvalue weighted by Gasteiger charge is -2.44. The molecule has 0 radical (unpaired) electrons. The first kappa shape index (κ1) is 16.2. The number of likely N-dealkylation sites (tertiary alicyclic amines) is 1. The molecule has 0 spiro atoms. The van der Waals surface area contributed by atoms with Crippen molar-refractivity contribution in [3.63, 3.8) is 0 Å². The van der Waals surface area contributed by atoms with Crippen LogP contribution < -0.4 is 0 Å². The minimum absolute atomic E-state index is 0.225. The van der Waals surface area contributed by atoms with E-state index in [-0.39, 0.29) is 12.1 Å². The van der Waals surface area contributed by atoms with Gasteiger partial charge in [-0.3, -0.25) is 4.84 Å². The first-order valence-corrected chi connectivity index (χ1v) is 6.73. The maximum absolute atomic E-state index is 11.8. The molecular weight excluding hydrogens is 248 g/mol. The number of hydroxylamine groups is 2. The Morgan fingerprint density at radius 3 is 2.47 bits per heavy atom. The molecule has 0 bridgehead atoms. The van der Waals surface area contributed by atoms with Crippen molar-refractivity contribution >= 4 is 6.09 Å². The Morgan fingerprint density at radius 1 is 1.37 bits per heavy atom. The minimum atomic E-state index is -0.447. The van der Waals surface area contributed by atoms with Gasteiger partial charge in [0.25, 0.3) is 0 Å². The molecule has 1 rings (SSSR count). The van der Waals surface area contributed by atoms with Crippen molar-refractivity contribution in [2.45, 2.75) is 39.3 Å². The molecule has 1 fully saturated rings. The summed E-state index contributed by atoms with van der Waals surface area (Å²) in [6.45, 7) is 10.8. The molecule has 6 nitrogen and oxygen atoms in total. The topological polar surface area (TPSA) is 51.2 Å². The van der Waals surface area contributed by atoms with E-state index in [0.29, 0.717) is 32.8 Å². The summed E-state index contributed by atoms with van der Waals surface area (Å²) >= 11 is 0. The largest absolute Gasteiger partial charge is 0.444 e. The molecule has 0 saturated carbocycles. The van der Waals surface area contributed by atoms with Crippen LogP contribution in [0.4, 0.5) is 4.79 Å². The highest BCUT2D eigenvalue weighted by Crippen LogP contribution is 2.19. The SMILES string of the molecule is CCON(CCOC)C1CN(C(=O)OC(C)(C)C)C1. The molecule has 112 valence electrons. The van der Waals surface area contributed by atoms with Crippen LogP contribution >= 0.6 is 0 Å². The molecule has 0 aromatic heterocycles. The van der Waals surface area contributed by atoms with Crippen molar-refractivity contribution in [3.8, 4) is 0 Å². The zero-order valence-corrected chi connectivity index (χ0v) is 12.6. The molecule has 0 aliphatic carbocycles. The van der Waals surface area contributed by atoms with Gasteiger partial charge in [-0.2, -0.15) is 5.06 Å². The second-order valence-electron chi connectivity index (χ2n) is 5.59. The normalized spacial score (nSPS) is 16.6. The Labute approximate surface area is 115 Å². The van der Waals surface area contributed by atoms with Crippen molar-refractivity contribution in [2.24, 2.45) is 0 Å². The number of amides is 1. The minimum Gasteiger partial charge on any atom is -0.444 e. The maximum Gasteiger partial charge on any atom is 0.410 e. The molecular formula is C13H26N2O4. The number of nitrogens with zero attached hydrogens (tertiary/aromatic N) is 2. The number of carbonyl (C=O) groups is 1. The van der Waals surface area contributed by atoms with Crippen LogP contribution in [-0.4, -0.2) is 67.7 Å². The van der Waals surface area contributed by atoms with E-state index in [0.717, 1.165) is 0 Å². The van der Waals surface area contributed by atoms with Gasteiger partial charge in [0.2, 0.25) is 0 Å². The lowest BCUT2D eigenvalue weighted by atomic mass is 10.1. The van der Waals surface area contributed by atoms with Crippen LogP contribution in [0.5, 0.6) is 0 Å². The summed E-state index contributed by atoms with van der Waals surface area (Å²) in [5.74, 6) is 0. The summed E-state index contributed by atoms with van der Waals surface area (Å²) in [6.07, 6.45) is -0.257. The quantitative estimate of drug-likeness (QED) is 0.687. The first-order chi connectivity index (χ1) is 8.87. The van der Waals surface area contributed by atoms with Gasteiger partial charge in [0.15, 0.2) is 0 Å². The number of hydrogen-bond acceptors (Lipinski definition) is 5. The molecule has 19 heavy (non-hydrogen) atoms. The molecule has 1 heterocycles. The van der Waals surface area contributed by atoms with Crippen LogP contribution in [0, 0.1) is 0 Å². The van der Waals surface area contributed by atoms with E-state index < -0.39 is 5.60 Å². The molecule has 1 aliphatic rings. The fourth-order valence-corrected chi connectivity index (χ4v) is 1.81. The second-order valence-corrected chi connectivity index (χ2v) is 5.59. The van der Waals surface area contributed by atoms with Crippen molar-refractivity contribution in [3.05, 3.63) is 0 Å². The smallest absolute Gasteiger partial charge is 0.410 e. The first-order valence-electron chi connectivity index (χ1n) is 6.73. The average Bonchev–Trinajstić information content (AvgIpc) is 2.21. The third kappa shape index (κ3) is 5.34. The van der Waals surface area contributed by atoms with Gasteiger partial charge in [0.05, 0.1) is 19.3 Å². The van der Waals surface area contributed by atoms with Crippen LogP contribution in [0.2, 0.25) is 0 Å². The maximum atomic E-state index is 11.8. The second kappa shape index (κ2) is 7.07. The zero-order valence-electron chi connectivity index (χ0n) is 12.6. The van der Waals surface area contributed by atoms with Crippen LogP contribution in [0.3, 0.4) is 0 Å². The van der Waals surface area contributed by atoms with Crippen LogP contribution in [0.15, 0.2) is 0 Å². The summed E-state index contributed by atoms with van der Waals surface area (Å²) in [5.41, 5.74) is -0.447. The highest BCUT2D eigenvalue weighted by molar-refractivity contribution is 5.69. The average molecular weight is 274 g/mol. The molecule has 0 aromatic carbocycles. The summed E-state index contributed by atoms with van der Waals surface area (Å²) in [5, 5.41) is 1.89. The predicted molar refractivity (Wildman–Crippen MR) is 71.8 cm³/mol. The van der Waals surface area contributed by atoms with E-state index in [2.05, 4.69) is 0 Å². The Kier molecular flexibility index (Phi) is 6.03. The number of carbonyl (C=O) groups excluding carboxylic acids is 1. The molecule has 6 heteroatoms. The fourth-order valence-electron chi connectivity index (χ4n) is 1.81. The molecule has 0 unspecified atom stereocenters. The van der Waals surface area contributed by atoms with Gasteiger partial charge < -0.3 is 14.4 Å². The summed E-state index contributed by atoms with van der Waals surface area (Å²) < 4.78 is 10.4. The van der Waals surface area contributed by atoms with Gasteiger partial charge in [0.1, 0.15) is 5.60 Å². The summed E-state index contributed by atoms with van der Waals surface area (Å²) in [7, 11) is 1.66. The van der Waals surface area contributed by atoms with E-state index in [1.54, 1.807) is 12.0 Å². The molecule has 1 saturated heterocycles. The van der Waals surface area contributed by atoms with Gasteiger partial charge in [-0.25, -0.2) is 4.79 Å². The van der Waals surface area contributed by atoms with Crippen molar-refractivity contribution in [1.82, 2.24) is 9.96 Å². The van der Waals surface area contributed by atoms with E-state index in [4.69, 9.17) is 14.3 Å². The fraction of sp³-hybridized carbons (Fsp3) is 0.923. The van der Waals surface area contributed by atoms with Crippen LogP contribution in [-0.2, 0) is 14.3 Å². The number of rotatable bonds is 6. The van der Waals surface area contributed by atoms with Crippen molar-refractivity contribution in [1.29, 1.82) is 0 Å². The standard InChI is InChI=1S/C13H26N2O4/c1-6-18-15(7-8-17-5)11-9-14(10-11)12(16)19-13(2,3)4/h11H,6-10H2,1-5H3. The van der Waals surface area contributed by atoms with Gasteiger partial charge >= 0.3 is 6.09 Å². The zero-order chi connectivity index (χ0) is 14.5. The summed E-state index contributed by atoms with van der Waals surface area (Å²) in [6, 6.07) is 0.225. The lowest BCUT2D eigenvalue weighted by Crippen LogP contribution is -2.62. The number of ether oxygens (including phenoxy) is 2. The molecule has 0 atom stereocenters. The molecule has 1 amide bonds. The van der Waals surface area contributed by atoms with Crippen LogP contribution in [0.25, 0.3) is 0 Å². The highest BCUT2D eigenvalue weighted by Gasteiger charge is 2.37. The van der Waals surface area contributed by atoms with Gasteiger partial charge in [-0.1, -0.05) is 0 Å². The van der Waals surface area contributed by atoms with Crippen molar-refractivity contribution < 1.29 is 19.1 Å². The number of methoxy groups -OCH3 is 1. The third-order valence-electron chi connectivity index (χ3n) is 2.73. The molecule has 0 N–H and O–H groups in total. The van der Waals surface area contributed by atoms with E-state index in [9.17, 15) is 4.79 Å². The lowest BCUT2D eigenvalue weighted by molar-refractivity contribution is -0.211. The summed E-state index contributed by atoms with van der Waals surface area (Å²) in [4.78, 5) is 19.0. The Balaban J connectivity index is 2.35. The van der Waals surface area contributed by atoms with Crippen molar-refractivity contribution in [2.75, 3.05) is 40.0 Å². The predicted octanol–water partition coefficient (Wildman–Crippen LogP) is 1.51. The van der Waals surface area contributed by atoms with E-state index in [1.807, 2.05) is 32.8 Å². The monoisotopic (exact) mass is 274 g/mol. The van der Waals surface area contributed by atoms with Gasteiger partial charge in [-0.05, 0) is 27.7 Å². The molecule has 1 aliphatic heterocycles. The number of hydrogen-bond donors (Lipinski definition) is 0. The van der Waals surface area contributed by atoms with E-state index >= 15 is 0 Å². The van der Waals surface area contributed by atoms with E-state index in [1.165, 1.54) is 0 Å². The third-order valence-corrected chi connectivity index (χ3v) is 2.73. The Bertz CT molecular complexity index is 285. The molecule has 0 aromatic rings. The van der Waals surface area contributed by atoms with Gasteiger partial charge in [0, 0.05) is 26.7 Å². The Hall–Kier alpha value is -0.850. The van der Waals surface area contributed by atoms with Crippen LogP contribution in [0.1, 0.15) is 27.7 Å². The van der Waals surface area contributed by atoms with Gasteiger partial charge in [-0.15, -0.1) is 0 Å².